The summed E-state index contributed by atoms with van der Waals surface area (Å²) < 4.78 is 4.85. The number of aromatic hydroxyl groups is 2. The Morgan fingerprint density at radius 2 is 1.57 bits per heavy atom. The lowest BCUT2D eigenvalue weighted by Gasteiger charge is -2.08. The third-order valence-corrected chi connectivity index (χ3v) is 2.69. The Balaban J connectivity index is 0.000000270. The van der Waals surface area contributed by atoms with Crippen molar-refractivity contribution in [2.24, 2.45) is 5.41 Å². The van der Waals surface area contributed by atoms with Crippen molar-refractivity contribution in [1.29, 1.82) is 0 Å². The van der Waals surface area contributed by atoms with Crippen molar-refractivity contribution < 1.29 is 24.5 Å². The van der Waals surface area contributed by atoms with Crippen LogP contribution in [-0.2, 0) is 4.79 Å². The predicted octanol–water partition coefficient (Wildman–Crippen LogP) is 2.63. The first-order chi connectivity index (χ1) is 9.52. The van der Waals surface area contributed by atoms with E-state index in [4.69, 9.17) is 9.52 Å². The third kappa shape index (κ3) is 4.24. The molecule has 0 fully saturated rings. The molecule has 1 aromatic heterocycles. The third-order valence-electron chi connectivity index (χ3n) is 2.69. The highest BCUT2D eigenvalue weighted by molar-refractivity contribution is 5.83. The lowest BCUT2D eigenvalue weighted by Crippen LogP contribution is -2.18. The van der Waals surface area contributed by atoms with Gasteiger partial charge in [0, 0.05) is 17.5 Å². The maximum absolute atomic E-state index is 11.0. The smallest absolute Gasteiger partial charge is 0.336 e. The van der Waals surface area contributed by atoms with E-state index in [0.717, 1.165) is 0 Å². The molecule has 0 aliphatic carbocycles. The Morgan fingerprint density at radius 3 is 2.05 bits per heavy atom. The van der Waals surface area contributed by atoms with Crippen LogP contribution in [0.4, 0.5) is 0 Å². The number of carboxylic acids is 1. The van der Waals surface area contributed by atoms with Crippen LogP contribution in [0.3, 0.4) is 0 Å². The van der Waals surface area contributed by atoms with Gasteiger partial charge in [0.15, 0.2) is 11.5 Å². The van der Waals surface area contributed by atoms with Gasteiger partial charge < -0.3 is 19.7 Å². The molecule has 114 valence electrons. The van der Waals surface area contributed by atoms with Gasteiger partial charge >= 0.3 is 11.6 Å². The molecule has 1 aromatic carbocycles. The normalized spacial score (nSPS) is 10.9. The van der Waals surface area contributed by atoms with E-state index in [9.17, 15) is 19.8 Å². The summed E-state index contributed by atoms with van der Waals surface area (Å²) in [6.45, 7) is 6.72. The Hall–Kier alpha value is -2.50. The van der Waals surface area contributed by atoms with Gasteiger partial charge in [-0.2, -0.15) is 0 Å². The van der Waals surface area contributed by atoms with Crippen molar-refractivity contribution in [1.82, 2.24) is 0 Å². The molecule has 2 rings (SSSR count). The summed E-state index contributed by atoms with van der Waals surface area (Å²) in [7, 11) is 0. The van der Waals surface area contributed by atoms with Crippen molar-refractivity contribution in [2.45, 2.75) is 27.7 Å². The largest absolute Gasteiger partial charge is 0.504 e. The first kappa shape index (κ1) is 16.6. The second kappa shape index (κ2) is 5.87. The fraction of sp³-hybridized carbons (Fsp3) is 0.333. The van der Waals surface area contributed by atoms with Crippen LogP contribution in [0.1, 0.15) is 26.3 Å². The highest BCUT2D eigenvalue weighted by Gasteiger charge is 2.18. The fourth-order valence-corrected chi connectivity index (χ4v) is 1.34. The molecule has 21 heavy (non-hydrogen) atoms. The first-order valence-electron chi connectivity index (χ1n) is 6.22. The van der Waals surface area contributed by atoms with E-state index in [1.807, 2.05) is 0 Å². The van der Waals surface area contributed by atoms with Crippen LogP contribution >= 0.6 is 0 Å². The number of aryl methyl sites for hydroxylation is 1. The molecule has 0 atom stereocenters. The molecule has 0 saturated carbocycles. The molecule has 0 unspecified atom stereocenters. The van der Waals surface area contributed by atoms with E-state index in [2.05, 4.69) is 0 Å². The predicted molar refractivity (Wildman–Crippen MR) is 77.6 cm³/mol. The van der Waals surface area contributed by atoms with Gasteiger partial charge in [-0.1, -0.05) is 0 Å². The number of hydrogen-bond donors (Lipinski definition) is 3. The number of phenols is 2. The molecule has 3 N–H and O–H groups in total. The molecule has 6 heteroatoms. The monoisotopic (exact) mass is 294 g/mol. The molecule has 1 heterocycles. The fourth-order valence-electron chi connectivity index (χ4n) is 1.34. The van der Waals surface area contributed by atoms with Crippen LogP contribution < -0.4 is 5.63 Å². The van der Waals surface area contributed by atoms with E-state index in [-0.39, 0.29) is 17.1 Å². The van der Waals surface area contributed by atoms with Gasteiger partial charge in [-0.25, -0.2) is 4.79 Å². The summed E-state index contributed by atoms with van der Waals surface area (Å²) in [6, 6.07) is 3.92. The number of carbonyl (C=O) groups is 1. The Labute approximate surface area is 121 Å². The number of hydrogen-bond acceptors (Lipinski definition) is 5. The van der Waals surface area contributed by atoms with Gasteiger partial charge in [-0.3, -0.25) is 4.79 Å². The van der Waals surface area contributed by atoms with Gasteiger partial charge in [0.1, 0.15) is 5.58 Å². The Bertz CT molecular complexity index is 721. The van der Waals surface area contributed by atoms with Crippen molar-refractivity contribution in [3.63, 3.8) is 0 Å². The van der Waals surface area contributed by atoms with E-state index >= 15 is 0 Å². The average molecular weight is 294 g/mol. The van der Waals surface area contributed by atoms with E-state index in [1.54, 1.807) is 27.7 Å². The topological polar surface area (TPSA) is 108 Å². The quantitative estimate of drug-likeness (QED) is 0.509. The van der Waals surface area contributed by atoms with Crippen LogP contribution in [0.25, 0.3) is 11.0 Å². The zero-order valence-corrected chi connectivity index (χ0v) is 12.3. The average Bonchev–Trinajstić information content (AvgIpc) is 2.31. The van der Waals surface area contributed by atoms with E-state index in [0.29, 0.717) is 10.9 Å². The number of benzene rings is 1. The minimum absolute atomic E-state index is 0.227. The molecular weight excluding hydrogens is 276 g/mol. The van der Waals surface area contributed by atoms with Crippen LogP contribution in [0, 0.1) is 12.3 Å². The van der Waals surface area contributed by atoms with Gasteiger partial charge in [0.2, 0.25) is 0 Å². The van der Waals surface area contributed by atoms with Gasteiger partial charge in [-0.05, 0) is 39.3 Å². The second-order valence-electron chi connectivity index (χ2n) is 5.64. The molecule has 2 aromatic rings. The highest BCUT2D eigenvalue weighted by atomic mass is 16.4. The molecule has 6 nitrogen and oxygen atoms in total. The summed E-state index contributed by atoms with van der Waals surface area (Å²) in [5.74, 6) is -1.28. The number of fused-ring (bicyclic) bond motifs is 1. The number of phenolic OH excluding ortho intramolecular Hbond substituents is 2. The van der Waals surface area contributed by atoms with Crippen molar-refractivity contribution in [3.05, 3.63) is 34.2 Å². The Morgan fingerprint density at radius 1 is 1.10 bits per heavy atom. The summed E-state index contributed by atoms with van der Waals surface area (Å²) in [4.78, 5) is 21.0. The zero-order chi connectivity index (χ0) is 16.4. The molecule has 0 saturated heterocycles. The Kier molecular flexibility index (Phi) is 4.62. The summed E-state index contributed by atoms with van der Waals surface area (Å²) in [5, 5.41) is 27.3. The van der Waals surface area contributed by atoms with Gasteiger partial charge in [0.25, 0.3) is 0 Å². The maximum Gasteiger partial charge on any atom is 0.336 e. The summed E-state index contributed by atoms with van der Waals surface area (Å²) in [6.07, 6.45) is 0. The molecule has 0 aliphatic rings. The second-order valence-corrected chi connectivity index (χ2v) is 5.64. The SMILES string of the molecule is CC(C)(C)C(=O)O.Cc1cc(=O)oc2cc(O)c(O)cc12. The minimum atomic E-state index is -0.757. The summed E-state index contributed by atoms with van der Waals surface area (Å²) >= 11 is 0. The van der Waals surface area contributed by atoms with E-state index in [1.165, 1.54) is 18.2 Å². The molecule has 0 bridgehead atoms. The number of aliphatic carboxylic acids is 1. The highest BCUT2D eigenvalue weighted by Crippen LogP contribution is 2.30. The van der Waals surface area contributed by atoms with Crippen LogP contribution in [0.5, 0.6) is 11.5 Å². The van der Waals surface area contributed by atoms with Crippen LogP contribution in [0.15, 0.2) is 27.4 Å². The number of rotatable bonds is 0. The van der Waals surface area contributed by atoms with E-state index < -0.39 is 17.0 Å². The molecule has 0 amide bonds. The molecular formula is C15H18O6. The van der Waals surface area contributed by atoms with Gasteiger partial charge in [0.05, 0.1) is 5.41 Å². The van der Waals surface area contributed by atoms with Gasteiger partial charge in [-0.15, -0.1) is 0 Å². The standard InChI is InChI=1S/C10H8O4.C5H10O2/c1-5-2-10(13)14-9-4-8(12)7(11)3-6(5)9;1-5(2,3)4(6)7/h2-4,11-12H,1H3;1-3H3,(H,6,7). The zero-order valence-electron chi connectivity index (χ0n) is 12.3. The first-order valence-corrected chi connectivity index (χ1v) is 6.22. The van der Waals surface area contributed by atoms with Crippen LogP contribution in [-0.4, -0.2) is 21.3 Å². The molecule has 0 aliphatic heterocycles. The maximum atomic E-state index is 11.0. The van der Waals surface area contributed by atoms with Crippen molar-refractivity contribution in [2.75, 3.05) is 0 Å². The minimum Gasteiger partial charge on any atom is -0.504 e. The molecule has 0 spiro atoms. The van der Waals surface area contributed by atoms with Crippen LogP contribution in [0.2, 0.25) is 0 Å². The summed E-state index contributed by atoms with van der Waals surface area (Å²) in [5.41, 5.74) is -0.0862. The molecule has 0 radical (unpaired) electrons. The van der Waals surface area contributed by atoms with Crippen molar-refractivity contribution in [3.8, 4) is 11.5 Å². The number of carboxylic acid groups (broad SMARTS) is 1. The van der Waals surface area contributed by atoms with Crippen molar-refractivity contribution >= 4 is 16.9 Å². The lowest BCUT2D eigenvalue weighted by atomic mass is 9.98. The lowest BCUT2D eigenvalue weighted by molar-refractivity contribution is -0.145.